The predicted molar refractivity (Wildman–Crippen MR) is 108 cm³/mol. The van der Waals surface area contributed by atoms with Gasteiger partial charge in [0.2, 0.25) is 5.43 Å². The van der Waals surface area contributed by atoms with Crippen LogP contribution in [0.2, 0.25) is 0 Å². The first-order valence-electron chi connectivity index (χ1n) is 9.63. The number of aromatic carboxylic acids is 1. The van der Waals surface area contributed by atoms with Crippen molar-refractivity contribution in [2.45, 2.75) is 38.5 Å². The summed E-state index contributed by atoms with van der Waals surface area (Å²) < 4.78 is 16.9. The van der Waals surface area contributed by atoms with E-state index >= 15 is 4.39 Å². The number of rotatable bonds is 4. The maximum absolute atomic E-state index is 15.0. The maximum atomic E-state index is 15.0. The Morgan fingerprint density at radius 1 is 1.17 bits per heavy atom. The minimum absolute atomic E-state index is 0.111. The van der Waals surface area contributed by atoms with Crippen LogP contribution < -0.4 is 16.1 Å². The second-order valence-corrected chi connectivity index (χ2v) is 7.80. The summed E-state index contributed by atoms with van der Waals surface area (Å²) in [7, 11) is 0. The SMILES string of the molecule is NCc1ccc2c(c1)CN(c1cc3c(cc1F)c(=O)c(C(=O)O)cn3C1CC1)C2. The van der Waals surface area contributed by atoms with Gasteiger partial charge < -0.3 is 20.3 Å². The third-order valence-electron chi connectivity index (χ3n) is 5.84. The summed E-state index contributed by atoms with van der Waals surface area (Å²) in [5.41, 5.74) is 9.04. The number of carbonyl (C=O) groups is 1. The van der Waals surface area contributed by atoms with Crippen LogP contribution in [-0.2, 0) is 19.6 Å². The first-order valence-corrected chi connectivity index (χ1v) is 9.63. The molecule has 2 heterocycles. The highest BCUT2D eigenvalue weighted by Crippen LogP contribution is 2.39. The molecule has 0 bridgehead atoms. The van der Waals surface area contributed by atoms with E-state index in [9.17, 15) is 14.7 Å². The summed E-state index contributed by atoms with van der Waals surface area (Å²) >= 11 is 0. The van der Waals surface area contributed by atoms with Crippen LogP contribution in [0.5, 0.6) is 0 Å². The third kappa shape index (κ3) is 2.89. The number of nitrogens with zero attached hydrogens (tertiary/aromatic N) is 2. The van der Waals surface area contributed by atoms with Crippen molar-refractivity contribution < 1.29 is 14.3 Å². The van der Waals surface area contributed by atoms with Gasteiger partial charge in [-0.3, -0.25) is 4.79 Å². The van der Waals surface area contributed by atoms with Gasteiger partial charge >= 0.3 is 5.97 Å². The average molecular weight is 393 g/mol. The van der Waals surface area contributed by atoms with E-state index in [0.717, 1.165) is 29.5 Å². The first kappa shape index (κ1) is 17.9. The Balaban J connectivity index is 1.64. The molecule has 1 aliphatic carbocycles. The molecule has 0 radical (unpaired) electrons. The zero-order chi connectivity index (χ0) is 20.3. The smallest absolute Gasteiger partial charge is 0.341 e. The van der Waals surface area contributed by atoms with E-state index in [0.29, 0.717) is 30.8 Å². The molecule has 0 atom stereocenters. The molecule has 1 saturated carbocycles. The number of carboxylic acid groups (broad SMARTS) is 1. The molecule has 7 heteroatoms. The van der Waals surface area contributed by atoms with Crippen molar-refractivity contribution in [3.05, 3.63) is 74.8 Å². The van der Waals surface area contributed by atoms with E-state index < -0.39 is 17.2 Å². The molecule has 0 saturated heterocycles. The number of benzene rings is 2. The number of carboxylic acids is 1. The summed E-state index contributed by atoms with van der Waals surface area (Å²) in [5.74, 6) is -1.81. The Labute approximate surface area is 166 Å². The number of halogens is 1. The quantitative estimate of drug-likeness (QED) is 0.711. The minimum Gasteiger partial charge on any atom is -0.477 e. The Hall–Kier alpha value is -3.19. The van der Waals surface area contributed by atoms with Crippen LogP contribution in [0.3, 0.4) is 0 Å². The topological polar surface area (TPSA) is 88.6 Å². The molecular weight excluding hydrogens is 373 g/mol. The van der Waals surface area contributed by atoms with Gasteiger partial charge in [0.1, 0.15) is 11.4 Å². The van der Waals surface area contributed by atoms with Crippen LogP contribution in [-0.4, -0.2) is 15.6 Å². The van der Waals surface area contributed by atoms with Gasteiger partial charge in [-0.1, -0.05) is 18.2 Å². The average Bonchev–Trinajstić information content (AvgIpc) is 3.46. The number of hydrogen-bond acceptors (Lipinski definition) is 4. The molecule has 148 valence electrons. The summed E-state index contributed by atoms with van der Waals surface area (Å²) in [4.78, 5) is 26.0. The molecule has 6 nitrogen and oxygen atoms in total. The molecule has 1 aliphatic heterocycles. The van der Waals surface area contributed by atoms with Gasteiger partial charge in [0, 0.05) is 37.3 Å². The normalized spacial score (nSPS) is 15.7. The van der Waals surface area contributed by atoms with E-state index in [4.69, 9.17) is 5.73 Å². The van der Waals surface area contributed by atoms with Crippen molar-refractivity contribution in [1.29, 1.82) is 0 Å². The molecule has 0 spiro atoms. The fourth-order valence-electron chi connectivity index (χ4n) is 4.15. The number of fused-ring (bicyclic) bond motifs is 2. The van der Waals surface area contributed by atoms with Crippen molar-refractivity contribution in [1.82, 2.24) is 4.57 Å². The Morgan fingerprint density at radius 3 is 2.62 bits per heavy atom. The number of pyridine rings is 1. The maximum Gasteiger partial charge on any atom is 0.341 e. The van der Waals surface area contributed by atoms with Crippen LogP contribution in [0.25, 0.3) is 10.9 Å². The van der Waals surface area contributed by atoms with E-state index in [1.807, 2.05) is 27.7 Å². The zero-order valence-electron chi connectivity index (χ0n) is 15.7. The summed E-state index contributed by atoms with van der Waals surface area (Å²) in [5, 5.41) is 9.48. The predicted octanol–water partition coefficient (Wildman–Crippen LogP) is 3.15. The van der Waals surface area contributed by atoms with Crippen LogP contribution >= 0.6 is 0 Å². The van der Waals surface area contributed by atoms with Gasteiger partial charge in [0.15, 0.2) is 0 Å². The van der Waals surface area contributed by atoms with Crippen molar-refractivity contribution >= 4 is 22.6 Å². The highest BCUT2D eigenvalue weighted by molar-refractivity contribution is 5.93. The van der Waals surface area contributed by atoms with Crippen LogP contribution in [0.15, 0.2) is 41.3 Å². The van der Waals surface area contributed by atoms with Crippen LogP contribution in [0, 0.1) is 5.82 Å². The van der Waals surface area contributed by atoms with E-state index in [2.05, 4.69) is 0 Å². The highest BCUT2D eigenvalue weighted by Gasteiger charge is 2.29. The number of aromatic nitrogens is 1. The zero-order valence-corrected chi connectivity index (χ0v) is 15.7. The van der Waals surface area contributed by atoms with Gasteiger partial charge in [-0.15, -0.1) is 0 Å². The lowest BCUT2D eigenvalue weighted by atomic mass is 10.1. The number of anilines is 1. The number of hydrogen-bond donors (Lipinski definition) is 2. The molecule has 3 N–H and O–H groups in total. The lowest BCUT2D eigenvalue weighted by Gasteiger charge is -2.21. The Bertz CT molecular complexity index is 1230. The van der Waals surface area contributed by atoms with E-state index in [1.54, 1.807) is 6.07 Å². The molecular formula is C22H20FN3O3. The molecule has 2 aromatic carbocycles. The van der Waals surface area contributed by atoms with Gasteiger partial charge in [-0.2, -0.15) is 0 Å². The minimum atomic E-state index is -1.29. The molecule has 0 amide bonds. The summed E-state index contributed by atoms with van der Waals surface area (Å²) in [6, 6.07) is 9.08. The lowest BCUT2D eigenvalue weighted by molar-refractivity contribution is 0.0695. The molecule has 0 unspecified atom stereocenters. The standard InChI is InChI=1S/C22H20FN3O3/c23-18-6-16-19(26(15-3-4-15)11-17(21(16)27)22(28)29)7-20(18)25-9-13-2-1-12(8-24)5-14(13)10-25/h1-2,5-7,11,15H,3-4,8-10,24H2,(H,28,29). The number of nitrogens with two attached hydrogens (primary N) is 1. The highest BCUT2D eigenvalue weighted by atomic mass is 19.1. The fraction of sp³-hybridized carbons (Fsp3) is 0.273. The van der Waals surface area contributed by atoms with Gasteiger partial charge in [0.05, 0.1) is 11.2 Å². The molecule has 29 heavy (non-hydrogen) atoms. The van der Waals surface area contributed by atoms with Gasteiger partial charge in [-0.25, -0.2) is 9.18 Å². The van der Waals surface area contributed by atoms with E-state index in [1.165, 1.54) is 12.3 Å². The second-order valence-electron chi connectivity index (χ2n) is 7.80. The summed E-state index contributed by atoms with van der Waals surface area (Å²) in [6.07, 6.45) is 3.24. The molecule has 3 aromatic rings. The van der Waals surface area contributed by atoms with Gasteiger partial charge in [-0.05, 0) is 41.7 Å². The van der Waals surface area contributed by atoms with Gasteiger partial charge in [0.25, 0.3) is 0 Å². The molecule has 2 aliphatic rings. The van der Waals surface area contributed by atoms with E-state index in [-0.39, 0.29) is 17.0 Å². The van der Waals surface area contributed by atoms with Crippen molar-refractivity contribution in [3.8, 4) is 0 Å². The van der Waals surface area contributed by atoms with Crippen molar-refractivity contribution in [2.75, 3.05) is 4.90 Å². The molecule has 5 rings (SSSR count). The fourth-order valence-corrected chi connectivity index (χ4v) is 4.15. The molecule has 1 fully saturated rings. The Morgan fingerprint density at radius 2 is 1.93 bits per heavy atom. The second kappa shape index (κ2) is 6.42. The summed E-state index contributed by atoms with van der Waals surface area (Å²) in [6.45, 7) is 1.59. The van der Waals surface area contributed by atoms with Crippen molar-refractivity contribution in [2.24, 2.45) is 5.73 Å². The van der Waals surface area contributed by atoms with Crippen molar-refractivity contribution in [3.63, 3.8) is 0 Å². The Kier molecular flexibility index (Phi) is 3.96. The molecule has 1 aromatic heterocycles. The monoisotopic (exact) mass is 393 g/mol. The van der Waals surface area contributed by atoms with Crippen LogP contribution in [0.1, 0.15) is 45.9 Å². The largest absolute Gasteiger partial charge is 0.477 e. The lowest BCUT2D eigenvalue weighted by Crippen LogP contribution is -2.21. The van der Waals surface area contributed by atoms with Crippen LogP contribution in [0.4, 0.5) is 10.1 Å². The third-order valence-corrected chi connectivity index (χ3v) is 5.84. The first-order chi connectivity index (χ1) is 14.0.